The predicted octanol–water partition coefficient (Wildman–Crippen LogP) is 3.60. The van der Waals surface area contributed by atoms with Gasteiger partial charge in [-0.2, -0.15) is 0 Å². The fraction of sp³-hybridized carbons (Fsp3) is 0.250. The molecule has 154 valence electrons. The van der Waals surface area contributed by atoms with Crippen LogP contribution in [0.3, 0.4) is 0 Å². The zero-order valence-corrected chi connectivity index (χ0v) is 16.8. The Morgan fingerprint density at radius 1 is 1.10 bits per heavy atom. The lowest BCUT2D eigenvalue weighted by molar-refractivity contribution is -0.131. The van der Waals surface area contributed by atoms with Crippen molar-refractivity contribution < 1.29 is 14.6 Å². The summed E-state index contributed by atoms with van der Waals surface area (Å²) in [6.07, 6.45) is 3.42. The molecule has 1 aliphatic heterocycles. The minimum absolute atomic E-state index is 0.686. The molecule has 0 radical (unpaired) electrons. The summed E-state index contributed by atoms with van der Waals surface area (Å²) in [5.41, 5.74) is 5.23. The Morgan fingerprint density at radius 2 is 1.83 bits per heavy atom. The minimum atomic E-state index is -0.948. The first kappa shape index (κ1) is 20.1. The molecule has 0 atom stereocenters. The monoisotopic (exact) mass is 403 g/mol. The zero-order chi connectivity index (χ0) is 20.8. The van der Waals surface area contributed by atoms with Gasteiger partial charge in [-0.3, -0.25) is 4.90 Å². The van der Waals surface area contributed by atoms with Crippen LogP contribution in [0.2, 0.25) is 0 Å². The molecule has 6 heteroatoms. The fourth-order valence-electron chi connectivity index (χ4n) is 3.58. The van der Waals surface area contributed by atoms with Crippen molar-refractivity contribution in [2.75, 3.05) is 26.3 Å². The number of carboxylic acid groups (broad SMARTS) is 1. The molecule has 0 saturated carbocycles. The molecule has 0 spiro atoms. The fourth-order valence-corrected chi connectivity index (χ4v) is 3.58. The molecule has 0 amide bonds. The first-order chi connectivity index (χ1) is 14.7. The van der Waals surface area contributed by atoms with E-state index in [0.717, 1.165) is 72.8 Å². The number of hydrogen-bond donors (Lipinski definition) is 2. The van der Waals surface area contributed by atoms with E-state index < -0.39 is 5.97 Å². The van der Waals surface area contributed by atoms with Gasteiger partial charge in [-0.1, -0.05) is 54.6 Å². The normalized spacial score (nSPS) is 14.9. The minimum Gasteiger partial charge on any atom is -0.478 e. The lowest BCUT2D eigenvalue weighted by atomic mass is 10.1. The van der Waals surface area contributed by atoms with E-state index in [4.69, 9.17) is 14.8 Å². The quantitative estimate of drug-likeness (QED) is 0.590. The van der Waals surface area contributed by atoms with Gasteiger partial charge >= 0.3 is 5.97 Å². The summed E-state index contributed by atoms with van der Waals surface area (Å²) in [5.74, 6) is -0.0261. The predicted molar refractivity (Wildman–Crippen MR) is 116 cm³/mol. The second-order valence-electron chi connectivity index (χ2n) is 7.35. The lowest BCUT2D eigenvalue weighted by Gasteiger charge is -2.26. The van der Waals surface area contributed by atoms with Gasteiger partial charge in [-0.15, -0.1) is 0 Å². The van der Waals surface area contributed by atoms with Crippen molar-refractivity contribution in [1.29, 1.82) is 0 Å². The standard InChI is InChI=1S/C24H25N3O3/c28-23(29)11-10-18-6-8-19(9-7-18)16-22-25-21(17-27-12-14-30-15-13-27)24(26-22)20-4-2-1-3-5-20/h1-11H,12-17H2,(H,25,26)(H,28,29)/b11-10+. The average molecular weight is 403 g/mol. The number of rotatable bonds is 7. The van der Waals surface area contributed by atoms with E-state index in [9.17, 15) is 4.79 Å². The number of hydrogen-bond acceptors (Lipinski definition) is 4. The summed E-state index contributed by atoms with van der Waals surface area (Å²) in [6, 6.07) is 18.2. The summed E-state index contributed by atoms with van der Waals surface area (Å²) in [6.45, 7) is 4.16. The number of nitrogens with zero attached hydrogens (tertiary/aromatic N) is 2. The van der Waals surface area contributed by atoms with E-state index in [0.29, 0.717) is 6.42 Å². The van der Waals surface area contributed by atoms with Gasteiger partial charge in [0.2, 0.25) is 0 Å². The molecule has 1 aromatic heterocycles. The van der Waals surface area contributed by atoms with Crippen LogP contribution in [0.5, 0.6) is 0 Å². The lowest BCUT2D eigenvalue weighted by Crippen LogP contribution is -2.35. The summed E-state index contributed by atoms with van der Waals surface area (Å²) in [4.78, 5) is 21.5. The summed E-state index contributed by atoms with van der Waals surface area (Å²) in [7, 11) is 0. The van der Waals surface area contributed by atoms with Crippen molar-refractivity contribution in [2.45, 2.75) is 13.0 Å². The molecule has 3 aromatic rings. The Balaban J connectivity index is 1.55. The van der Waals surface area contributed by atoms with Crippen molar-refractivity contribution in [1.82, 2.24) is 14.9 Å². The largest absolute Gasteiger partial charge is 0.478 e. The van der Waals surface area contributed by atoms with Crippen LogP contribution in [-0.2, 0) is 22.5 Å². The van der Waals surface area contributed by atoms with Crippen LogP contribution in [0.4, 0.5) is 0 Å². The van der Waals surface area contributed by atoms with E-state index in [1.807, 2.05) is 42.5 Å². The van der Waals surface area contributed by atoms with Gasteiger partial charge in [-0.25, -0.2) is 9.78 Å². The molecule has 1 aliphatic rings. The number of aromatic amines is 1. The number of ether oxygens (including phenoxy) is 1. The average Bonchev–Trinajstić information content (AvgIpc) is 3.16. The molecule has 0 unspecified atom stereocenters. The van der Waals surface area contributed by atoms with Gasteiger partial charge in [0, 0.05) is 32.1 Å². The van der Waals surface area contributed by atoms with E-state index in [-0.39, 0.29) is 0 Å². The van der Waals surface area contributed by atoms with Crippen molar-refractivity contribution in [3.8, 4) is 11.3 Å². The third kappa shape index (κ3) is 5.23. The van der Waals surface area contributed by atoms with Crippen LogP contribution >= 0.6 is 0 Å². The highest BCUT2D eigenvalue weighted by molar-refractivity contribution is 5.85. The van der Waals surface area contributed by atoms with Crippen LogP contribution in [-0.4, -0.2) is 52.2 Å². The van der Waals surface area contributed by atoms with E-state index in [2.05, 4.69) is 22.0 Å². The second kappa shape index (κ2) is 9.52. The maximum atomic E-state index is 10.7. The summed E-state index contributed by atoms with van der Waals surface area (Å²) in [5, 5.41) is 8.75. The molecule has 0 aliphatic carbocycles. The third-order valence-corrected chi connectivity index (χ3v) is 5.14. The maximum absolute atomic E-state index is 10.7. The smallest absolute Gasteiger partial charge is 0.328 e. The van der Waals surface area contributed by atoms with Gasteiger partial charge in [0.1, 0.15) is 5.82 Å². The Kier molecular flexibility index (Phi) is 6.37. The highest BCUT2D eigenvalue weighted by Crippen LogP contribution is 2.24. The number of carbonyl (C=O) groups is 1. The van der Waals surface area contributed by atoms with Crippen molar-refractivity contribution in [3.05, 3.63) is 83.3 Å². The van der Waals surface area contributed by atoms with Crippen LogP contribution in [0, 0.1) is 0 Å². The number of morpholine rings is 1. The number of aromatic nitrogens is 2. The first-order valence-electron chi connectivity index (χ1n) is 10.1. The maximum Gasteiger partial charge on any atom is 0.328 e. The number of benzene rings is 2. The highest BCUT2D eigenvalue weighted by atomic mass is 16.5. The van der Waals surface area contributed by atoms with Gasteiger partial charge in [-0.05, 0) is 22.8 Å². The van der Waals surface area contributed by atoms with Gasteiger partial charge in [0.05, 0.1) is 24.6 Å². The SMILES string of the molecule is O=C(O)/C=C/c1ccc(Cc2nc(CN3CCOCC3)c(-c3ccccc3)[nH]2)cc1. The van der Waals surface area contributed by atoms with Crippen molar-refractivity contribution in [3.63, 3.8) is 0 Å². The van der Waals surface area contributed by atoms with Crippen LogP contribution in [0.1, 0.15) is 22.6 Å². The molecule has 30 heavy (non-hydrogen) atoms. The van der Waals surface area contributed by atoms with Crippen molar-refractivity contribution >= 4 is 12.0 Å². The molecular formula is C24H25N3O3. The Bertz CT molecular complexity index is 1000. The topological polar surface area (TPSA) is 78.4 Å². The van der Waals surface area contributed by atoms with Crippen LogP contribution < -0.4 is 0 Å². The van der Waals surface area contributed by atoms with E-state index in [1.54, 1.807) is 6.08 Å². The number of aliphatic carboxylic acids is 1. The molecular weight excluding hydrogens is 378 g/mol. The number of H-pyrrole nitrogens is 1. The Labute approximate surface area is 175 Å². The second-order valence-corrected chi connectivity index (χ2v) is 7.35. The summed E-state index contributed by atoms with van der Waals surface area (Å²) >= 11 is 0. The summed E-state index contributed by atoms with van der Waals surface area (Å²) < 4.78 is 5.47. The van der Waals surface area contributed by atoms with E-state index in [1.165, 1.54) is 0 Å². The number of nitrogens with one attached hydrogen (secondary N) is 1. The van der Waals surface area contributed by atoms with Gasteiger partial charge < -0.3 is 14.8 Å². The molecule has 1 fully saturated rings. The van der Waals surface area contributed by atoms with Gasteiger partial charge in [0.25, 0.3) is 0 Å². The first-order valence-corrected chi connectivity index (χ1v) is 10.1. The zero-order valence-electron chi connectivity index (χ0n) is 16.8. The molecule has 2 heterocycles. The molecule has 0 bridgehead atoms. The Hall–Kier alpha value is -3.22. The van der Waals surface area contributed by atoms with Crippen LogP contribution in [0.25, 0.3) is 17.3 Å². The molecule has 4 rings (SSSR count). The Morgan fingerprint density at radius 3 is 2.53 bits per heavy atom. The van der Waals surface area contributed by atoms with Gasteiger partial charge in [0.15, 0.2) is 0 Å². The molecule has 2 N–H and O–H groups in total. The number of imidazole rings is 1. The van der Waals surface area contributed by atoms with E-state index >= 15 is 0 Å². The van der Waals surface area contributed by atoms with Crippen molar-refractivity contribution in [2.24, 2.45) is 0 Å². The molecule has 1 saturated heterocycles. The third-order valence-electron chi connectivity index (χ3n) is 5.14. The number of carboxylic acids is 1. The molecule has 2 aromatic carbocycles. The van der Waals surface area contributed by atoms with Crippen LogP contribution in [0.15, 0.2) is 60.7 Å². The highest BCUT2D eigenvalue weighted by Gasteiger charge is 2.17. The molecule has 6 nitrogen and oxygen atoms in total.